The maximum Gasteiger partial charge on any atom is 0.279 e. The number of nitrogens with one attached hydrogen (secondary N) is 3. The molecule has 0 saturated carbocycles. The fourth-order valence-electron chi connectivity index (χ4n) is 2.10. The molecule has 2 amide bonds. The molecular weight excluding hydrogens is 316 g/mol. The normalized spacial score (nSPS) is 10.4. The van der Waals surface area contributed by atoms with Gasteiger partial charge in [0, 0.05) is 5.39 Å². The van der Waals surface area contributed by atoms with Crippen LogP contribution in [0.2, 0.25) is 0 Å². The average Bonchev–Trinajstić information content (AvgIpc) is 3.10. The third-order valence-electron chi connectivity index (χ3n) is 3.16. The zero-order valence-electron chi connectivity index (χ0n) is 11.8. The molecule has 7 nitrogen and oxygen atoms in total. The number of carbonyl (C=O) groups is 2. The highest BCUT2D eigenvalue weighted by Crippen LogP contribution is 2.12. The molecule has 0 bridgehead atoms. The Kier molecular flexibility index (Phi) is 4.15. The van der Waals surface area contributed by atoms with E-state index in [1.807, 2.05) is 0 Å². The van der Waals surface area contributed by atoms with Crippen molar-refractivity contribution < 1.29 is 9.59 Å². The van der Waals surface area contributed by atoms with E-state index in [4.69, 9.17) is 0 Å². The summed E-state index contributed by atoms with van der Waals surface area (Å²) in [7, 11) is 0. The summed E-state index contributed by atoms with van der Waals surface area (Å²) in [6.07, 6.45) is -0.0674. The van der Waals surface area contributed by atoms with Crippen LogP contribution in [0.5, 0.6) is 0 Å². The van der Waals surface area contributed by atoms with Crippen molar-refractivity contribution in [3.05, 3.63) is 62.7 Å². The van der Waals surface area contributed by atoms with E-state index in [0.717, 1.165) is 0 Å². The molecule has 1 aromatic carbocycles. The van der Waals surface area contributed by atoms with Crippen LogP contribution in [0.3, 0.4) is 0 Å². The Morgan fingerprint density at radius 2 is 1.87 bits per heavy atom. The van der Waals surface area contributed by atoms with Crippen molar-refractivity contribution in [2.75, 3.05) is 0 Å². The quantitative estimate of drug-likeness (QED) is 0.624. The van der Waals surface area contributed by atoms with Crippen molar-refractivity contribution in [2.45, 2.75) is 6.42 Å². The lowest BCUT2D eigenvalue weighted by Gasteiger charge is -2.07. The molecule has 3 rings (SSSR count). The summed E-state index contributed by atoms with van der Waals surface area (Å²) >= 11 is 1.27. The van der Waals surface area contributed by atoms with Gasteiger partial charge in [-0.1, -0.05) is 24.3 Å². The van der Waals surface area contributed by atoms with Crippen LogP contribution in [0.15, 0.2) is 46.6 Å². The molecule has 0 unspecified atom stereocenters. The van der Waals surface area contributed by atoms with Gasteiger partial charge in [0.05, 0.1) is 22.4 Å². The van der Waals surface area contributed by atoms with Crippen molar-refractivity contribution in [2.24, 2.45) is 0 Å². The van der Waals surface area contributed by atoms with Crippen LogP contribution in [0.25, 0.3) is 10.8 Å². The number of aromatic nitrogens is 2. The molecule has 116 valence electrons. The fourth-order valence-corrected chi connectivity index (χ4v) is 2.72. The average molecular weight is 328 g/mol. The Hall–Kier alpha value is -3.00. The van der Waals surface area contributed by atoms with Gasteiger partial charge in [-0.3, -0.25) is 25.2 Å². The zero-order chi connectivity index (χ0) is 16.2. The van der Waals surface area contributed by atoms with Gasteiger partial charge in [-0.2, -0.15) is 5.10 Å². The molecule has 3 aromatic rings. The highest BCUT2D eigenvalue weighted by atomic mass is 32.1. The maximum absolute atomic E-state index is 12.0. The number of H-pyrrole nitrogens is 1. The highest BCUT2D eigenvalue weighted by molar-refractivity contribution is 7.12. The summed E-state index contributed by atoms with van der Waals surface area (Å²) < 4.78 is 0. The minimum Gasteiger partial charge on any atom is -0.273 e. The summed E-state index contributed by atoms with van der Waals surface area (Å²) in [5.41, 5.74) is 4.80. The second kappa shape index (κ2) is 6.41. The molecule has 0 atom stereocenters. The SMILES string of the molecule is O=C(Cc1n[nH]c(=O)c2ccccc12)NNC(=O)c1cccs1. The van der Waals surface area contributed by atoms with Crippen molar-refractivity contribution >= 4 is 33.9 Å². The van der Waals surface area contributed by atoms with Crippen LogP contribution in [0.4, 0.5) is 0 Å². The van der Waals surface area contributed by atoms with Gasteiger partial charge in [0.2, 0.25) is 5.91 Å². The Morgan fingerprint density at radius 3 is 2.61 bits per heavy atom. The molecule has 0 fully saturated rings. The smallest absolute Gasteiger partial charge is 0.273 e. The molecular formula is C15H12N4O3S. The summed E-state index contributed by atoms with van der Waals surface area (Å²) in [6, 6.07) is 10.3. The lowest BCUT2D eigenvalue weighted by molar-refractivity contribution is -0.121. The standard InChI is InChI=1S/C15H12N4O3S/c20-13(17-19-15(22)12-6-3-7-23-12)8-11-9-4-1-2-5-10(9)14(21)18-16-11/h1-7H,8H2,(H,17,20)(H,18,21)(H,19,22). The molecule has 8 heteroatoms. The van der Waals surface area contributed by atoms with Crippen molar-refractivity contribution in [3.63, 3.8) is 0 Å². The van der Waals surface area contributed by atoms with Crippen LogP contribution in [-0.2, 0) is 11.2 Å². The van der Waals surface area contributed by atoms with Crippen molar-refractivity contribution in [3.8, 4) is 0 Å². The maximum atomic E-state index is 12.0. The number of thiophene rings is 1. The molecule has 0 spiro atoms. The van der Waals surface area contributed by atoms with E-state index in [-0.39, 0.29) is 17.9 Å². The Bertz CT molecular complexity index is 918. The van der Waals surface area contributed by atoms with Crippen LogP contribution in [0.1, 0.15) is 15.4 Å². The molecule has 0 radical (unpaired) electrons. The van der Waals surface area contributed by atoms with Gasteiger partial charge in [-0.15, -0.1) is 11.3 Å². The van der Waals surface area contributed by atoms with E-state index in [1.54, 1.807) is 41.8 Å². The minimum atomic E-state index is -0.431. The molecule has 0 aliphatic rings. The van der Waals surface area contributed by atoms with Gasteiger partial charge in [-0.05, 0) is 17.5 Å². The van der Waals surface area contributed by atoms with Gasteiger partial charge in [0.15, 0.2) is 0 Å². The molecule has 0 aliphatic carbocycles. The highest BCUT2D eigenvalue weighted by Gasteiger charge is 2.12. The predicted molar refractivity (Wildman–Crippen MR) is 86.0 cm³/mol. The molecule has 2 aromatic heterocycles. The van der Waals surface area contributed by atoms with Crippen LogP contribution >= 0.6 is 11.3 Å². The monoisotopic (exact) mass is 328 g/mol. The first-order valence-corrected chi connectivity index (χ1v) is 7.62. The number of benzene rings is 1. The van der Waals surface area contributed by atoms with Crippen LogP contribution < -0.4 is 16.4 Å². The van der Waals surface area contributed by atoms with Gasteiger partial charge in [0.25, 0.3) is 11.5 Å². The van der Waals surface area contributed by atoms with Gasteiger partial charge in [-0.25, -0.2) is 5.10 Å². The van der Waals surface area contributed by atoms with E-state index in [9.17, 15) is 14.4 Å². The van der Waals surface area contributed by atoms with Crippen molar-refractivity contribution in [1.29, 1.82) is 0 Å². The second-order valence-electron chi connectivity index (χ2n) is 4.70. The van der Waals surface area contributed by atoms with Crippen LogP contribution in [-0.4, -0.2) is 22.0 Å². The van der Waals surface area contributed by atoms with Crippen molar-refractivity contribution in [1.82, 2.24) is 21.0 Å². The number of hydrazine groups is 1. The number of aromatic amines is 1. The summed E-state index contributed by atoms with van der Waals surface area (Å²) in [6.45, 7) is 0. The van der Waals surface area contributed by atoms with Gasteiger partial charge in [0.1, 0.15) is 0 Å². The lowest BCUT2D eigenvalue weighted by atomic mass is 10.1. The largest absolute Gasteiger partial charge is 0.279 e. The number of hydrogen-bond acceptors (Lipinski definition) is 5. The second-order valence-corrected chi connectivity index (χ2v) is 5.65. The van der Waals surface area contributed by atoms with E-state index >= 15 is 0 Å². The molecule has 3 N–H and O–H groups in total. The minimum absolute atomic E-state index is 0.0674. The first kappa shape index (κ1) is 14.9. The van der Waals surface area contributed by atoms with E-state index in [1.165, 1.54) is 11.3 Å². The van der Waals surface area contributed by atoms with E-state index in [2.05, 4.69) is 21.0 Å². The molecule has 0 aliphatic heterocycles. The molecule has 2 heterocycles. The number of rotatable bonds is 3. The zero-order valence-corrected chi connectivity index (χ0v) is 12.6. The summed E-state index contributed by atoms with van der Waals surface area (Å²) in [5.74, 6) is -0.813. The summed E-state index contributed by atoms with van der Waals surface area (Å²) in [5, 5.41) is 9.12. The van der Waals surface area contributed by atoms with Gasteiger partial charge >= 0.3 is 0 Å². The first-order valence-electron chi connectivity index (χ1n) is 6.74. The summed E-state index contributed by atoms with van der Waals surface area (Å²) in [4.78, 5) is 35.9. The third kappa shape index (κ3) is 3.27. The number of carbonyl (C=O) groups excluding carboxylic acids is 2. The molecule has 23 heavy (non-hydrogen) atoms. The van der Waals surface area contributed by atoms with Gasteiger partial charge < -0.3 is 0 Å². The Balaban J connectivity index is 1.70. The van der Waals surface area contributed by atoms with E-state index < -0.39 is 5.91 Å². The fraction of sp³-hybridized carbons (Fsp3) is 0.0667. The lowest BCUT2D eigenvalue weighted by Crippen LogP contribution is -2.42. The van der Waals surface area contributed by atoms with E-state index in [0.29, 0.717) is 21.3 Å². The first-order chi connectivity index (χ1) is 11.1. The molecule has 0 saturated heterocycles. The topological polar surface area (TPSA) is 104 Å². The Morgan fingerprint density at radius 1 is 1.09 bits per heavy atom. The Labute approximate surface area is 134 Å². The number of nitrogens with zero attached hydrogens (tertiary/aromatic N) is 1. The van der Waals surface area contributed by atoms with Crippen LogP contribution in [0, 0.1) is 0 Å². The third-order valence-corrected chi connectivity index (χ3v) is 4.03. The number of hydrogen-bond donors (Lipinski definition) is 3. The number of fused-ring (bicyclic) bond motifs is 1. The number of amides is 2. The predicted octanol–water partition coefficient (Wildman–Crippen LogP) is 0.988.